The van der Waals surface area contributed by atoms with Crippen molar-refractivity contribution in [2.24, 2.45) is 23.0 Å². The van der Waals surface area contributed by atoms with Gasteiger partial charge in [-0.2, -0.15) is 0 Å². The van der Waals surface area contributed by atoms with Gasteiger partial charge in [0.2, 0.25) is 0 Å². The molecule has 0 aromatic carbocycles. The van der Waals surface area contributed by atoms with Gasteiger partial charge in [-0.15, -0.1) is 0 Å². The number of rotatable bonds is 2. The largest absolute Gasteiger partial charge is 0.396 e. The fraction of sp³-hybridized carbons (Fsp3) is 1.00. The average Bonchev–Trinajstić information content (AvgIpc) is 2.58. The Balaban J connectivity index is 2.09. The van der Waals surface area contributed by atoms with Crippen LogP contribution in [0.15, 0.2) is 0 Å². The van der Waals surface area contributed by atoms with Crippen LogP contribution in [0.1, 0.15) is 12.8 Å². The molecule has 1 heterocycles. The maximum absolute atomic E-state index is 9.07. The topological polar surface area (TPSA) is 58.3 Å². The standard InChI is InChI=1S/C9H18N2O/c10-5-9-2-7(4-12)1-8(9)3-11-6-9/h7-8,11-12H,1-6,10H2/t7?,8-,9-/m1/s1. The SMILES string of the molecule is NC[C@]12CNC[C@H]1CC(CO)C2. The van der Waals surface area contributed by atoms with Gasteiger partial charge in [0.05, 0.1) is 0 Å². The summed E-state index contributed by atoms with van der Waals surface area (Å²) in [5.74, 6) is 1.24. The number of nitrogens with two attached hydrogens (primary N) is 1. The lowest BCUT2D eigenvalue weighted by Crippen LogP contribution is -2.34. The Morgan fingerprint density at radius 1 is 1.58 bits per heavy atom. The first-order chi connectivity index (χ1) is 5.80. The Kier molecular flexibility index (Phi) is 2.10. The molecule has 70 valence electrons. The van der Waals surface area contributed by atoms with Crippen LogP contribution in [0.4, 0.5) is 0 Å². The van der Waals surface area contributed by atoms with Crippen molar-refractivity contribution >= 4 is 0 Å². The number of hydrogen-bond acceptors (Lipinski definition) is 3. The van der Waals surface area contributed by atoms with Gasteiger partial charge >= 0.3 is 0 Å². The van der Waals surface area contributed by atoms with Crippen molar-refractivity contribution in [1.29, 1.82) is 0 Å². The fourth-order valence-electron chi connectivity index (χ4n) is 2.95. The first-order valence-electron chi connectivity index (χ1n) is 4.82. The van der Waals surface area contributed by atoms with Gasteiger partial charge < -0.3 is 16.2 Å². The molecular formula is C9H18N2O. The lowest BCUT2D eigenvalue weighted by Gasteiger charge is -2.26. The molecule has 0 aromatic heterocycles. The Morgan fingerprint density at radius 2 is 2.42 bits per heavy atom. The first kappa shape index (κ1) is 8.48. The Labute approximate surface area is 73.3 Å². The highest BCUT2D eigenvalue weighted by atomic mass is 16.3. The number of aliphatic hydroxyl groups excluding tert-OH is 1. The molecule has 1 aliphatic carbocycles. The van der Waals surface area contributed by atoms with Crippen LogP contribution >= 0.6 is 0 Å². The minimum atomic E-state index is 0.327. The van der Waals surface area contributed by atoms with Crippen molar-refractivity contribution in [3.63, 3.8) is 0 Å². The molecule has 1 saturated heterocycles. The van der Waals surface area contributed by atoms with E-state index in [4.69, 9.17) is 10.8 Å². The lowest BCUT2D eigenvalue weighted by molar-refractivity contribution is 0.211. The molecular weight excluding hydrogens is 152 g/mol. The van der Waals surface area contributed by atoms with E-state index in [0.717, 1.165) is 32.0 Å². The zero-order valence-electron chi connectivity index (χ0n) is 7.42. The summed E-state index contributed by atoms with van der Waals surface area (Å²) < 4.78 is 0. The van der Waals surface area contributed by atoms with Gasteiger partial charge in [-0.1, -0.05) is 0 Å². The van der Waals surface area contributed by atoms with Crippen LogP contribution in [0.2, 0.25) is 0 Å². The molecule has 0 aromatic rings. The maximum Gasteiger partial charge on any atom is 0.0459 e. The zero-order chi connectivity index (χ0) is 8.60. The highest BCUT2D eigenvalue weighted by molar-refractivity contribution is 5.02. The van der Waals surface area contributed by atoms with E-state index in [2.05, 4.69) is 5.32 Å². The second-order valence-corrected chi connectivity index (χ2v) is 4.38. The second kappa shape index (κ2) is 2.98. The van der Waals surface area contributed by atoms with Crippen LogP contribution in [0.25, 0.3) is 0 Å². The summed E-state index contributed by atoms with van der Waals surface area (Å²) in [4.78, 5) is 0. The summed E-state index contributed by atoms with van der Waals surface area (Å²) >= 11 is 0. The van der Waals surface area contributed by atoms with Crippen LogP contribution in [0.3, 0.4) is 0 Å². The Morgan fingerprint density at radius 3 is 3.00 bits per heavy atom. The van der Waals surface area contributed by atoms with Gasteiger partial charge in [-0.3, -0.25) is 0 Å². The van der Waals surface area contributed by atoms with Gasteiger partial charge in [0.25, 0.3) is 0 Å². The summed E-state index contributed by atoms with van der Waals surface area (Å²) in [7, 11) is 0. The predicted octanol–water partition coefficient (Wildman–Crippen LogP) is -0.447. The third-order valence-electron chi connectivity index (χ3n) is 3.71. The summed E-state index contributed by atoms with van der Waals surface area (Å²) in [6.45, 7) is 3.29. The average molecular weight is 170 g/mol. The molecule has 1 aliphatic heterocycles. The number of hydrogen-bond donors (Lipinski definition) is 3. The van der Waals surface area contributed by atoms with Crippen LogP contribution in [-0.2, 0) is 0 Å². The minimum absolute atomic E-state index is 0.327. The minimum Gasteiger partial charge on any atom is -0.396 e. The van der Waals surface area contributed by atoms with Crippen LogP contribution in [0.5, 0.6) is 0 Å². The third-order valence-corrected chi connectivity index (χ3v) is 3.71. The molecule has 3 heteroatoms. The van der Waals surface area contributed by atoms with Gasteiger partial charge in [-0.05, 0) is 43.2 Å². The molecule has 0 amide bonds. The van der Waals surface area contributed by atoms with E-state index >= 15 is 0 Å². The molecule has 1 unspecified atom stereocenters. The number of nitrogens with one attached hydrogen (secondary N) is 1. The van der Waals surface area contributed by atoms with Gasteiger partial charge in [-0.25, -0.2) is 0 Å². The van der Waals surface area contributed by atoms with Crippen molar-refractivity contribution in [2.75, 3.05) is 26.2 Å². The smallest absolute Gasteiger partial charge is 0.0459 e. The van der Waals surface area contributed by atoms with Gasteiger partial charge in [0.1, 0.15) is 0 Å². The van der Waals surface area contributed by atoms with E-state index < -0.39 is 0 Å². The van der Waals surface area contributed by atoms with Crippen LogP contribution in [0, 0.1) is 17.3 Å². The lowest BCUT2D eigenvalue weighted by atomic mass is 9.81. The summed E-state index contributed by atoms with van der Waals surface area (Å²) in [6.07, 6.45) is 2.29. The molecule has 0 spiro atoms. The van der Waals surface area contributed by atoms with Gasteiger partial charge in [0.15, 0.2) is 0 Å². The van der Waals surface area contributed by atoms with E-state index in [1.54, 1.807) is 0 Å². The summed E-state index contributed by atoms with van der Waals surface area (Å²) in [5, 5.41) is 12.5. The van der Waals surface area contributed by atoms with Crippen molar-refractivity contribution in [3.05, 3.63) is 0 Å². The van der Waals surface area contributed by atoms with Crippen molar-refractivity contribution in [2.45, 2.75) is 12.8 Å². The van der Waals surface area contributed by atoms with E-state index in [1.807, 2.05) is 0 Å². The molecule has 3 nitrogen and oxygen atoms in total. The summed E-state index contributed by atoms with van der Waals surface area (Å²) in [5.41, 5.74) is 6.13. The second-order valence-electron chi connectivity index (χ2n) is 4.38. The molecule has 2 aliphatic rings. The van der Waals surface area contributed by atoms with E-state index in [0.29, 0.717) is 17.9 Å². The highest BCUT2D eigenvalue weighted by Gasteiger charge is 2.48. The van der Waals surface area contributed by atoms with E-state index in [-0.39, 0.29) is 0 Å². The van der Waals surface area contributed by atoms with Crippen molar-refractivity contribution < 1.29 is 5.11 Å². The van der Waals surface area contributed by atoms with Crippen LogP contribution < -0.4 is 11.1 Å². The molecule has 1 saturated carbocycles. The fourth-order valence-corrected chi connectivity index (χ4v) is 2.95. The Bertz CT molecular complexity index is 174. The van der Waals surface area contributed by atoms with Crippen molar-refractivity contribution in [1.82, 2.24) is 5.32 Å². The molecule has 3 atom stereocenters. The Hall–Kier alpha value is -0.120. The zero-order valence-corrected chi connectivity index (χ0v) is 7.42. The van der Waals surface area contributed by atoms with Gasteiger partial charge in [0, 0.05) is 13.2 Å². The van der Waals surface area contributed by atoms with E-state index in [9.17, 15) is 0 Å². The van der Waals surface area contributed by atoms with Crippen molar-refractivity contribution in [3.8, 4) is 0 Å². The van der Waals surface area contributed by atoms with Crippen LogP contribution in [-0.4, -0.2) is 31.3 Å². The quantitative estimate of drug-likeness (QED) is 0.526. The monoisotopic (exact) mass is 170 g/mol. The predicted molar refractivity (Wildman–Crippen MR) is 47.7 cm³/mol. The number of aliphatic hydroxyl groups is 1. The molecule has 4 N–H and O–H groups in total. The molecule has 12 heavy (non-hydrogen) atoms. The molecule has 2 rings (SSSR count). The summed E-state index contributed by atoms with van der Waals surface area (Å²) in [6, 6.07) is 0. The number of fused-ring (bicyclic) bond motifs is 1. The molecule has 2 fully saturated rings. The molecule has 0 bridgehead atoms. The first-order valence-corrected chi connectivity index (χ1v) is 4.82. The highest BCUT2D eigenvalue weighted by Crippen LogP contribution is 2.47. The maximum atomic E-state index is 9.07. The third kappa shape index (κ3) is 1.08. The van der Waals surface area contributed by atoms with E-state index in [1.165, 1.54) is 6.42 Å². The molecule has 0 radical (unpaired) electrons. The normalized spacial score (nSPS) is 46.5.